The second kappa shape index (κ2) is 6.88. The molecule has 1 aromatic heterocycles. The molecular weight excluding hydrogens is 360 g/mol. The SMILES string of the molecule is C[C@]12CCC(=NN=C(N)N)C[C@H]1CC[C@@H]1[C@@H]2CC[C@]2(C)[C@@H](c3ccoc3)CC[C@@H]12. The highest BCUT2D eigenvalue weighted by atomic mass is 16.3. The van der Waals surface area contributed by atoms with Gasteiger partial charge in [-0.3, -0.25) is 0 Å². The van der Waals surface area contributed by atoms with Crippen LogP contribution in [0.3, 0.4) is 0 Å². The summed E-state index contributed by atoms with van der Waals surface area (Å²) in [5, 5.41) is 8.29. The summed E-state index contributed by atoms with van der Waals surface area (Å²) in [6.45, 7) is 5.19. The van der Waals surface area contributed by atoms with E-state index in [1.54, 1.807) is 0 Å². The van der Waals surface area contributed by atoms with Gasteiger partial charge in [0, 0.05) is 5.71 Å². The summed E-state index contributed by atoms with van der Waals surface area (Å²) in [5.41, 5.74) is 14.5. The van der Waals surface area contributed by atoms with Gasteiger partial charge >= 0.3 is 0 Å². The van der Waals surface area contributed by atoms with E-state index < -0.39 is 0 Å². The minimum atomic E-state index is 0.0644. The number of hydrogen-bond donors (Lipinski definition) is 2. The first-order chi connectivity index (χ1) is 13.9. The van der Waals surface area contributed by atoms with Crippen LogP contribution in [0.25, 0.3) is 0 Å². The van der Waals surface area contributed by atoms with Crippen molar-refractivity contribution in [1.29, 1.82) is 0 Å². The van der Waals surface area contributed by atoms with Crippen LogP contribution < -0.4 is 11.5 Å². The fourth-order valence-electron chi connectivity index (χ4n) is 8.30. The topological polar surface area (TPSA) is 89.9 Å². The molecule has 0 spiro atoms. The Morgan fingerprint density at radius 1 is 1.03 bits per heavy atom. The zero-order valence-corrected chi connectivity index (χ0v) is 17.9. The molecule has 5 rings (SSSR count). The highest BCUT2D eigenvalue weighted by Crippen LogP contribution is 2.68. The van der Waals surface area contributed by atoms with Gasteiger partial charge in [0.2, 0.25) is 5.96 Å². The molecule has 4 N–H and O–H groups in total. The Kier molecular flexibility index (Phi) is 4.56. The smallest absolute Gasteiger partial charge is 0.211 e. The second-order valence-electron chi connectivity index (χ2n) is 10.8. The Balaban J connectivity index is 1.37. The highest BCUT2D eigenvalue weighted by molar-refractivity contribution is 5.86. The van der Waals surface area contributed by atoms with E-state index in [0.717, 1.165) is 36.5 Å². The maximum atomic E-state index is 5.48. The molecule has 0 saturated heterocycles. The molecule has 4 aliphatic carbocycles. The molecule has 7 atom stereocenters. The van der Waals surface area contributed by atoms with Crippen molar-refractivity contribution in [1.82, 2.24) is 0 Å². The maximum Gasteiger partial charge on any atom is 0.211 e. The fourth-order valence-corrected chi connectivity index (χ4v) is 8.30. The quantitative estimate of drug-likeness (QED) is 0.417. The molecule has 5 heteroatoms. The number of nitrogens with two attached hydrogens (primary N) is 2. The Labute approximate surface area is 174 Å². The molecule has 158 valence electrons. The van der Waals surface area contributed by atoms with Crippen molar-refractivity contribution in [3.8, 4) is 0 Å². The molecular formula is C24H36N4O. The van der Waals surface area contributed by atoms with E-state index in [0.29, 0.717) is 16.7 Å². The molecule has 1 aromatic rings. The van der Waals surface area contributed by atoms with Gasteiger partial charge in [-0.15, -0.1) is 5.10 Å². The Morgan fingerprint density at radius 2 is 1.86 bits per heavy atom. The van der Waals surface area contributed by atoms with Gasteiger partial charge in [-0.05, 0) is 110 Å². The van der Waals surface area contributed by atoms with Crippen LogP contribution in [0.1, 0.15) is 83.1 Å². The van der Waals surface area contributed by atoms with E-state index in [4.69, 9.17) is 15.9 Å². The first-order valence-corrected chi connectivity index (χ1v) is 11.6. The molecule has 4 fully saturated rings. The fraction of sp³-hybridized carbons (Fsp3) is 0.750. The number of fused-ring (bicyclic) bond motifs is 5. The van der Waals surface area contributed by atoms with E-state index in [1.807, 2.05) is 12.5 Å². The van der Waals surface area contributed by atoms with Crippen LogP contribution in [0.15, 0.2) is 33.2 Å². The molecule has 0 bridgehead atoms. The van der Waals surface area contributed by atoms with Gasteiger partial charge in [0.1, 0.15) is 0 Å². The van der Waals surface area contributed by atoms with Crippen molar-refractivity contribution in [2.24, 2.45) is 56.2 Å². The Morgan fingerprint density at radius 3 is 2.62 bits per heavy atom. The summed E-state index contributed by atoms with van der Waals surface area (Å²) in [5.74, 6) is 4.11. The first-order valence-electron chi connectivity index (χ1n) is 11.6. The van der Waals surface area contributed by atoms with Crippen LogP contribution >= 0.6 is 0 Å². The van der Waals surface area contributed by atoms with Gasteiger partial charge in [-0.2, -0.15) is 5.10 Å². The van der Waals surface area contributed by atoms with E-state index in [9.17, 15) is 0 Å². The molecule has 0 amide bonds. The van der Waals surface area contributed by atoms with Gasteiger partial charge in [-0.1, -0.05) is 13.8 Å². The third-order valence-electron chi connectivity index (χ3n) is 9.75. The number of hydrogen-bond acceptors (Lipinski definition) is 3. The van der Waals surface area contributed by atoms with Crippen LogP contribution in [-0.4, -0.2) is 11.7 Å². The zero-order valence-electron chi connectivity index (χ0n) is 17.9. The molecule has 0 unspecified atom stereocenters. The molecule has 0 aromatic carbocycles. The normalized spacial score (nSPS) is 45.3. The van der Waals surface area contributed by atoms with Gasteiger partial charge in [0.15, 0.2) is 0 Å². The predicted octanol–water partition coefficient (Wildman–Crippen LogP) is 5.04. The Bertz CT molecular complexity index is 811. The average Bonchev–Trinajstić information content (AvgIpc) is 3.33. The standard InChI is InChI=1S/C24H36N4O/c1-23-10-7-17(27-28-22(25)26)13-16(23)3-4-18-20-6-5-19(15-9-12-29-14-15)24(20,2)11-8-21(18)23/h9,12,14,16,18-21H,3-8,10-11,13H2,1-2H3,(H4,25,26,28)/t16-,18+,19-,20+,21+,23+,24-/m1/s1. The van der Waals surface area contributed by atoms with Crippen LogP contribution in [0.2, 0.25) is 0 Å². The van der Waals surface area contributed by atoms with E-state index in [1.165, 1.54) is 56.2 Å². The number of nitrogens with zero attached hydrogens (tertiary/aromatic N) is 2. The molecule has 4 saturated carbocycles. The molecule has 4 aliphatic rings. The first kappa shape index (κ1) is 19.2. The lowest BCUT2D eigenvalue weighted by molar-refractivity contribution is -0.0950. The third kappa shape index (κ3) is 2.95. The minimum Gasteiger partial charge on any atom is -0.472 e. The monoisotopic (exact) mass is 396 g/mol. The molecule has 0 radical (unpaired) electrons. The van der Waals surface area contributed by atoms with Crippen LogP contribution in [-0.2, 0) is 0 Å². The molecule has 29 heavy (non-hydrogen) atoms. The van der Waals surface area contributed by atoms with Gasteiger partial charge < -0.3 is 15.9 Å². The zero-order chi connectivity index (χ0) is 20.2. The average molecular weight is 397 g/mol. The van der Waals surface area contributed by atoms with Crippen molar-refractivity contribution in [2.45, 2.75) is 77.6 Å². The third-order valence-corrected chi connectivity index (χ3v) is 9.75. The maximum absolute atomic E-state index is 5.48. The predicted molar refractivity (Wildman–Crippen MR) is 116 cm³/mol. The van der Waals surface area contributed by atoms with E-state index in [2.05, 4.69) is 30.1 Å². The van der Waals surface area contributed by atoms with Crippen LogP contribution in [0.5, 0.6) is 0 Å². The summed E-state index contributed by atoms with van der Waals surface area (Å²) in [6, 6.07) is 2.21. The Hall–Kier alpha value is -1.78. The van der Waals surface area contributed by atoms with Crippen molar-refractivity contribution in [3.05, 3.63) is 24.2 Å². The summed E-state index contributed by atoms with van der Waals surface area (Å²) >= 11 is 0. The number of rotatable bonds is 2. The lowest BCUT2D eigenvalue weighted by Crippen LogP contribution is -2.53. The molecule has 0 aliphatic heterocycles. The van der Waals surface area contributed by atoms with E-state index in [-0.39, 0.29) is 5.96 Å². The number of furan rings is 1. The van der Waals surface area contributed by atoms with Gasteiger partial charge in [0.05, 0.1) is 12.5 Å². The lowest BCUT2D eigenvalue weighted by Gasteiger charge is -2.60. The van der Waals surface area contributed by atoms with Crippen molar-refractivity contribution >= 4 is 11.7 Å². The lowest BCUT2D eigenvalue weighted by atomic mass is 9.44. The largest absolute Gasteiger partial charge is 0.472 e. The second-order valence-corrected chi connectivity index (χ2v) is 10.8. The molecule has 1 heterocycles. The van der Waals surface area contributed by atoms with Crippen molar-refractivity contribution in [2.75, 3.05) is 0 Å². The van der Waals surface area contributed by atoms with Crippen molar-refractivity contribution in [3.63, 3.8) is 0 Å². The highest BCUT2D eigenvalue weighted by Gasteiger charge is 2.60. The summed E-state index contributed by atoms with van der Waals surface area (Å²) < 4.78 is 5.45. The number of guanidine groups is 1. The summed E-state index contributed by atoms with van der Waals surface area (Å²) in [7, 11) is 0. The van der Waals surface area contributed by atoms with Crippen molar-refractivity contribution < 1.29 is 4.42 Å². The summed E-state index contributed by atoms with van der Waals surface area (Å²) in [6.07, 6.45) is 15.4. The van der Waals surface area contributed by atoms with E-state index >= 15 is 0 Å². The van der Waals surface area contributed by atoms with Crippen LogP contribution in [0, 0.1) is 34.5 Å². The van der Waals surface area contributed by atoms with Gasteiger partial charge in [0.25, 0.3) is 0 Å². The van der Waals surface area contributed by atoms with Gasteiger partial charge in [-0.25, -0.2) is 0 Å². The summed E-state index contributed by atoms with van der Waals surface area (Å²) in [4.78, 5) is 0. The van der Waals surface area contributed by atoms with Crippen LogP contribution in [0.4, 0.5) is 0 Å². The minimum absolute atomic E-state index is 0.0644. The molecule has 5 nitrogen and oxygen atoms in total.